The second-order valence-corrected chi connectivity index (χ2v) is 15.3. The Morgan fingerprint density at radius 2 is 1.02 bits per heavy atom. The molecule has 4 nitrogen and oxygen atoms in total. The van der Waals surface area contributed by atoms with E-state index in [0.29, 0.717) is 0 Å². The largest absolute Gasteiger partial charge is 0.400 e. The minimum atomic E-state index is 0.0354. The summed E-state index contributed by atoms with van der Waals surface area (Å²) in [5.74, 6) is 0.0354. The average Bonchev–Trinajstić information content (AvgIpc) is 3.15. The topological polar surface area (TPSA) is 56.3 Å². The zero-order chi connectivity index (χ0) is 37.6. The number of aliphatic hydroxyl groups excluding tert-OH is 1. The van der Waals surface area contributed by atoms with Gasteiger partial charge in [-0.05, 0) is 129 Å². The third kappa shape index (κ3) is 8.56. The van der Waals surface area contributed by atoms with Crippen LogP contribution in [0.15, 0.2) is 109 Å². The van der Waals surface area contributed by atoms with Crippen molar-refractivity contribution in [1.82, 2.24) is 0 Å². The Labute approximate surface area is 321 Å². The number of benzene rings is 6. The third-order valence-corrected chi connectivity index (χ3v) is 11.2. The molecule has 7 rings (SSSR count). The Balaban J connectivity index is 0.00000236. The highest BCUT2D eigenvalue weighted by Crippen LogP contribution is 2.41. The second-order valence-electron chi connectivity index (χ2n) is 14.8. The van der Waals surface area contributed by atoms with E-state index in [9.17, 15) is 0 Å². The molecule has 1 aliphatic rings. The van der Waals surface area contributed by atoms with Crippen LogP contribution in [0.2, 0.25) is 0 Å². The number of anilines is 5. The molecule has 6 aromatic rings. The van der Waals surface area contributed by atoms with Gasteiger partial charge in [0.1, 0.15) is 0 Å². The van der Waals surface area contributed by atoms with Crippen LogP contribution < -0.4 is 16.0 Å². The molecule has 0 heterocycles. The van der Waals surface area contributed by atoms with Gasteiger partial charge in [-0.2, -0.15) is 0 Å². The maximum absolute atomic E-state index is 7.00. The van der Waals surface area contributed by atoms with Crippen LogP contribution >= 0.6 is 11.6 Å². The monoisotopic (exact) mass is 723 g/mol. The lowest BCUT2D eigenvalue weighted by Gasteiger charge is -2.30. The molecule has 1 aliphatic carbocycles. The zero-order valence-electron chi connectivity index (χ0n) is 32.3. The standard InChI is InChI=1S/C47H50ClN3.CH4O/c1-29-25-31(3)46(32(4)26-29)49-37-19-15-35(16-20-37)45(36-17-21-38(22-18-36)50-47-33(5)27-30(2)28-34(47)6)41-23-24-43(40-12-8-7-11-39(40)41)51-44-14-10-9-13-42(44)48;1-2/h7-8,11-12,15-28,42,44-45,49-51H,9-10,13-14H2,1-6H3;2H,1H3. The Bertz CT molecular complexity index is 2020. The summed E-state index contributed by atoms with van der Waals surface area (Å²) in [6, 6.07) is 40.8. The average molecular weight is 724 g/mol. The number of hydrogen-bond donors (Lipinski definition) is 4. The zero-order valence-corrected chi connectivity index (χ0v) is 33.0. The number of fused-ring (bicyclic) bond motifs is 1. The van der Waals surface area contributed by atoms with Gasteiger partial charge in [0, 0.05) is 52.9 Å². The summed E-state index contributed by atoms with van der Waals surface area (Å²) in [5, 5.41) is 20.9. The summed E-state index contributed by atoms with van der Waals surface area (Å²) in [5.41, 5.74) is 17.1. The summed E-state index contributed by atoms with van der Waals surface area (Å²) in [4.78, 5) is 0. The number of halogens is 1. The van der Waals surface area contributed by atoms with Crippen LogP contribution in [0, 0.1) is 41.5 Å². The Morgan fingerprint density at radius 1 is 0.566 bits per heavy atom. The number of rotatable bonds is 9. The van der Waals surface area contributed by atoms with Crippen molar-refractivity contribution in [1.29, 1.82) is 0 Å². The van der Waals surface area contributed by atoms with Gasteiger partial charge in [0.15, 0.2) is 0 Å². The first-order chi connectivity index (χ1) is 25.6. The summed E-state index contributed by atoms with van der Waals surface area (Å²) < 4.78 is 0. The van der Waals surface area contributed by atoms with Crippen LogP contribution in [0.1, 0.15) is 81.7 Å². The summed E-state index contributed by atoms with van der Waals surface area (Å²) in [7, 11) is 1.00. The van der Waals surface area contributed by atoms with Gasteiger partial charge in [-0.25, -0.2) is 0 Å². The fourth-order valence-corrected chi connectivity index (χ4v) is 8.60. The molecule has 1 saturated carbocycles. The van der Waals surface area contributed by atoms with Crippen LogP contribution in [-0.2, 0) is 0 Å². The molecule has 0 saturated heterocycles. The molecule has 274 valence electrons. The Kier molecular flexibility index (Phi) is 12.1. The van der Waals surface area contributed by atoms with Crippen molar-refractivity contribution in [2.45, 2.75) is 84.6 Å². The van der Waals surface area contributed by atoms with E-state index in [2.05, 4.69) is 167 Å². The predicted octanol–water partition coefficient (Wildman–Crippen LogP) is 12.9. The van der Waals surface area contributed by atoms with E-state index in [1.54, 1.807) is 0 Å². The van der Waals surface area contributed by atoms with E-state index >= 15 is 0 Å². The first-order valence-corrected chi connectivity index (χ1v) is 19.3. The van der Waals surface area contributed by atoms with Gasteiger partial charge in [0.25, 0.3) is 0 Å². The molecule has 0 radical (unpaired) electrons. The first kappa shape index (κ1) is 38.0. The number of aliphatic hydroxyl groups is 1. The van der Waals surface area contributed by atoms with Crippen molar-refractivity contribution in [2.24, 2.45) is 0 Å². The summed E-state index contributed by atoms with van der Waals surface area (Å²) >= 11 is 6.83. The lowest BCUT2D eigenvalue weighted by Crippen LogP contribution is -2.32. The smallest absolute Gasteiger partial charge is 0.0537 e. The molecular weight excluding hydrogens is 670 g/mol. The highest BCUT2D eigenvalue weighted by atomic mass is 35.5. The Morgan fingerprint density at radius 3 is 1.49 bits per heavy atom. The van der Waals surface area contributed by atoms with Crippen molar-refractivity contribution in [2.75, 3.05) is 23.1 Å². The van der Waals surface area contributed by atoms with Gasteiger partial charge in [0.2, 0.25) is 0 Å². The normalized spacial score (nSPS) is 15.5. The summed E-state index contributed by atoms with van der Waals surface area (Å²) in [6.45, 7) is 13.0. The van der Waals surface area contributed by atoms with Crippen LogP contribution in [0.5, 0.6) is 0 Å². The predicted molar refractivity (Wildman–Crippen MR) is 229 cm³/mol. The van der Waals surface area contributed by atoms with Crippen molar-refractivity contribution in [3.05, 3.63) is 159 Å². The van der Waals surface area contributed by atoms with E-state index in [0.717, 1.165) is 37.0 Å². The highest BCUT2D eigenvalue weighted by Gasteiger charge is 2.25. The maximum Gasteiger partial charge on any atom is 0.0537 e. The van der Waals surface area contributed by atoms with Gasteiger partial charge in [-0.15, -0.1) is 11.6 Å². The quantitative estimate of drug-likeness (QED) is 0.0886. The van der Waals surface area contributed by atoms with E-state index in [1.807, 2.05) is 0 Å². The van der Waals surface area contributed by atoms with Gasteiger partial charge in [-0.1, -0.05) is 103 Å². The number of alkyl halides is 1. The molecule has 1 fully saturated rings. The lowest BCUT2D eigenvalue weighted by molar-refractivity contribution is 0.399. The van der Waals surface area contributed by atoms with Crippen LogP contribution in [0.25, 0.3) is 10.8 Å². The Hall–Kier alpha value is -4.77. The molecule has 4 N–H and O–H groups in total. The van der Waals surface area contributed by atoms with Gasteiger partial charge >= 0.3 is 0 Å². The molecule has 0 bridgehead atoms. The molecule has 0 aromatic heterocycles. The third-order valence-electron chi connectivity index (χ3n) is 10.7. The van der Waals surface area contributed by atoms with E-state index in [4.69, 9.17) is 16.7 Å². The number of nitrogens with one attached hydrogen (secondary N) is 3. The van der Waals surface area contributed by atoms with Crippen molar-refractivity contribution in [3.63, 3.8) is 0 Å². The number of aryl methyl sites for hydroxylation is 6. The lowest BCUT2D eigenvalue weighted by atomic mass is 9.82. The molecule has 53 heavy (non-hydrogen) atoms. The molecule has 6 aromatic carbocycles. The number of hydrogen-bond acceptors (Lipinski definition) is 4. The van der Waals surface area contributed by atoms with Gasteiger partial charge in [-0.3, -0.25) is 0 Å². The van der Waals surface area contributed by atoms with Crippen LogP contribution in [0.4, 0.5) is 28.4 Å². The minimum absolute atomic E-state index is 0.0354. The molecule has 0 aliphatic heterocycles. The van der Waals surface area contributed by atoms with E-state index in [-0.39, 0.29) is 17.3 Å². The van der Waals surface area contributed by atoms with Gasteiger partial charge in [0.05, 0.1) is 5.38 Å². The van der Waals surface area contributed by atoms with E-state index < -0.39 is 0 Å². The molecule has 0 amide bonds. The van der Waals surface area contributed by atoms with Crippen molar-refractivity contribution in [3.8, 4) is 0 Å². The SMILES string of the molecule is CO.Cc1cc(C)c(Nc2ccc(C(c3ccc(Nc4c(C)cc(C)cc4C)cc3)c3ccc(NC4CCCCC4Cl)c4ccccc34)cc2)c(C)c1. The van der Waals surface area contributed by atoms with Crippen LogP contribution in [0.3, 0.4) is 0 Å². The molecule has 2 atom stereocenters. The fourth-order valence-electron chi connectivity index (χ4n) is 8.26. The molecular formula is C48H54ClN3O. The minimum Gasteiger partial charge on any atom is -0.400 e. The molecule has 5 heteroatoms. The van der Waals surface area contributed by atoms with Gasteiger partial charge < -0.3 is 21.1 Å². The molecule has 0 spiro atoms. The fraction of sp³-hybridized carbons (Fsp3) is 0.292. The van der Waals surface area contributed by atoms with Crippen molar-refractivity contribution < 1.29 is 5.11 Å². The molecule has 2 unspecified atom stereocenters. The van der Waals surface area contributed by atoms with E-state index in [1.165, 1.54) is 85.1 Å². The second kappa shape index (κ2) is 16.9. The maximum atomic E-state index is 7.00. The van der Waals surface area contributed by atoms with Crippen LogP contribution in [-0.4, -0.2) is 23.6 Å². The summed E-state index contributed by atoms with van der Waals surface area (Å²) in [6.07, 6.45) is 4.61. The highest BCUT2D eigenvalue weighted by molar-refractivity contribution is 6.21. The first-order valence-electron chi connectivity index (χ1n) is 18.9. The van der Waals surface area contributed by atoms with Crippen molar-refractivity contribution >= 4 is 50.8 Å².